The molecular formula is C11H18N4S. The molecule has 2 heterocycles. The summed E-state index contributed by atoms with van der Waals surface area (Å²) in [5.74, 6) is 5.25. The number of hydrogen-bond acceptors (Lipinski definition) is 5. The molecule has 0 aliphatic carbocycles. The Morgan fingerprint density at radius 2 is 2.19 bits per heavy atom. The van der Waals surface area contributed by atoms with E-state index in [1.807, 2.05) is 31.8 Å². The molecule has 4 nitrogen and oxygen atoms in total. The van der Waals surface area contributed by atoms with Crippen molar-refractivity contribution >= 4 is 23.4 Å². The number of hydrogen-bond donors (Lipinski definition) is 1. The summed E-state index contributed by atoms with van der Waals surface area (Å²) in [5, 5.41) is 3.08. The van der Waals surface area contributed by atoms with Crippen LogP contribution in [0.2, 0.25) is 0 Å². The van der Waals surface area contributed by atoms with Crippen LogP contribution in [0.3, 0.4) is 0 Å². The van der Waals surface area contributed by atoms with Crippen LogP contribution in [0.25, 0.3) is 0 Å². The van der Waals surface area contributed by atoms with Crippen LogP contribution < -0.4 is 10.2 Å². The number of aryl methyl sites for hydroxylation is 1. The molecule has 2 rings (SSSR count). The second-order valence-corrected chi connectivity index (χ2v) is 5.09. The molecule has 0 radical (unpaired) electrons. The summed E-state index contributed by atoms with van der Waals surface area (Å²) in [6, 6.07) is 2.03. The minimum atomic E-state index is 0.832. The molecule has 0 saturated carbocycles. The van der Waals surface area contributed by atoms with Gasteiger partial charge in [-0.05, 0) is 19.1 Å². The second kappa shape index (κ2) is 5.39. The normalized spacial score (nSPS) is 17.0. The first-order chi connectivity index (χ1) is 7.79. The van der Waals surface area contributed by atoms with E-state index in [2.05, 4.69) is 20.2 Å². The van der Waals surface area contributed by atoms with Crippen molar-refractivity contribution < 1.29 is 0 Å². The Bertz CT molecular complexity index is 348. The van der Waals surface area contributed by atoms with Gasteiger partial charge in [-0.25, -0.2) is 9.97 Å². The van der Waals surface area contributed by atoms with Crippen LogP contribution in [0, 0.1) is 6.92 Å². The summed E-state index contributed by atoms with van der Waals surface area (Å²) in [5.41, 5.74) is 0. The van der Waals surface area contributed by atoms with Gasteiger partial charge in [0, 0.05) is 32.0 Å². The third-order valence-corrected chi connectivity index (χ3v) is 3.68. The van der Waals surface area contributed by atoms with Crippen molar-refractivity contribution in [2.24, 2.45) is 0 Å². The van der Waals surface area contributed by atoms with E-state index in [-0.39, 0.29) is 0 Å². The molecular weight excluding hydrogens is 220 g/mol. The van der Waals surface area contributed by atoms with Crippen LogP contribution in [0.15, 0.2) is 6.07 Å². The van der Waals surface area contributed by atoms with E-state index in [0.717, 1.165) is 30.5 Å². The molecule has 1 aliphatic heterocycles. The molecule has 16 heavy (non-hydrogen) atoms. The van der Waals surface area contributed by atoms with Crippen LogP contribution in [-0.2, 0) is 0 Å². The van der Waals surface area contributed by atoms with E-state index in [1.165, 1.54) is 17.9 Å². The maximum absolute atomic E-state index is 4.51. The predicted molar refractivity (Wildman–Crippen MR) is 70.5 cm³/mol. The summed E-state index contributed by atoms with van der Waals surface area (Å²) in [6.45, 7) is 4.13. The van der Waals surface area contributed by atoms with Crippen LogP contribution in [0.5, 0.6) is 0 Å². The molecule has 0 bridgehead atoms. The molecule has 88 valence electrons. The molecule has 1 N–H and O–H groups in total. The minimum Gasteiger partial charge on any atom is -0.373 e. The van der Waals surface area contributed by atoms with Crippen LogP contribution in [0.4, 0.5) is 11.6 Å². The third-order valence-electron chi connectivity index (χ3n) is 2.63. The van der Waals surface area contributed by atoms with Crippen LogP contribution >= 0.6 is 11.8 Å². The Morgan fingerprint density at radius 1 is 1.31 bits per heavy atom. The highest BCUT2D eigenvalue weighted by atomic mass is 32.2. The summed E-state index contributed by atoms with van der Waals surface area (Å²) >= 11 is 2.03. The highest BCUT2D eigenvalue weighted by molar-refractivity contribution is 7.99. The van der Waals surface area contributed by atoms with Gasteiger partial charge in [-0.2, -0.15) is 11.8 Å². The molecule has 1 fully saturated rings. The van der Waals surface area contributed by atoms with Crippen molar-refractivity contribution in [2.75, 3.05) is 41.9 Å². The summed E-state index contributed by atoms with van der Waals surface area (Å²) in [7, 11) is 1.89. The highest BCUT2D eigenvalue weighted by Gasteiger charge is 2.12. The van der Waals surface area contributed by atoms with E-state index < -0.39 is 0 Å². The lowest BCUT2D eigenvalue weighted by molar-refractivity contribution is 0.794. The first-order valence-electron chi connectivity index (χ1n) is 5.66. The monoisotopic (exact) mass is 238 g/mol. The van der Waals surface area contributed by atoms with E-state index in [0.29, 0.717) is 0 Å². The fourth-order valence-corrected chi connectivity index (χ4v) is 2.70. The van der Waals surface area contributed by atoms with Crippen LogP contribution in [-0.4, -0.2) is 41.6 Å². The minimum absolute atomic E-state index is 0.832. The number of thioether (sulfide) groups is 1. The van der Waals surface area contributed by atoms with Crippen molar-refractivity contribution in [3.8, 4) is 0 Å². The van der Waals surface area contributed by atoms with Gasteiger partial charge in [-0.3, -0.25) is 0 Å². The van der Waals surface area contributed by atoms with Gasteiger partial charge in [0.25, 0.3) is 0 Å². The standard InChI is InChI=1S/C11H18N4S/c1-9-13-10(12-2)8-11(14-9)15-4-3-6-16-7-5-15/h8H,3-7H2,1-2H3,(H,12,13,14). The molecule has 0 atom stereocenters. The number of anilines is 2. The number of rotatable bonds is 2. The zero-order valence-corrected chi connectivity index (χ0v) is 10.7. The Hall–Kier alpha value is -0.970. The summed E-state index contributed by atoms with van der Waals surface area (Å²) in [4.78, 5) is 11.2. The third kappa shape index (κ3) is 2.78. The van der Waals surface area contributed by atoms with Gasteiger partial charge in [-0.1, -0.05) is 0 Å². The second-order valence-electron chi connectivity index (χ2n) is 3.86. The fraction of sp³-hybridized carbons (Fsp3) is 0.636. The predicted octanol–water partition coefficient (Wildman–Crippen LogP) is 1.77. The van der Waals surface area contributed by atoms with Crippen molar-refractivity contribution in [3.63, 3.8) is 0 Å². The Kier molecular flexibility index (Phi) is 3.88. The van der Waals surface area contributed by atoms with Crippen molar-refractivity contribution in [3.05, 3.63) is 11.9 Å². The Balaban J connectivity index is 2.20. The zero-order chi connectivity index (χ0) is 11.4. The molecule has 0 unspecified atom stereocenters. The Labute approximate surface area is 101 Å². The highest BCUT2D eigenvalue weighted by Crippen LogP contribution is 2.19. The number of nitrogens with one attached hydrogen (secondary N) is 1. The zero-order valence-electron chi connectivity index (χ0n) is 9.86. The molecule has 0 amide bonds. The van der Waals surface area contributed by atoms with E-state index in [1.54, 1.807) is 0 Å². The molecule has 0 spiro atoms. The quantitative estimate of drug-likeness (QED) is 0.850. The van der Waals surface area contributed by atoms with Gasteiger partial charge in [-0.15, -0.1) is 0 Å². The maximum atomic E-state index is 4.51. The first kappa shape index (κ1) is 11.5. The number of aromatic nitrogens is 2. The first-order valence-corrected chi connectivity index (χ1v) is 6.81. The van der Waals surface area contributed by atoms with Gasteiger partial charge in [0.2, 0.25) is 0 Å². The molecule has 1 aliphatic rings. The SMILES string of the molecule is CNc1cc(N2CCCSCC2)nc(C)n1. The van der Waals surface area contributed by atoms with Crippen molar-refractivity contribution in [1.29, 1.82) is 0 Å². The lowest BCUT2D eigenvalue weighted by atomic mass is 10.3. The van der Waals surface area contributed by atoms with Crippen molar-refractivity contribution in [2.45, 2.75) is 13.3 Å². The van der Waals surface area contributed by atoms with E-state index in [4.69, 9.17) is 0 Å². The van der Waals surface area contributed by atoms with Crippen LogP contribution in [0.1, 0.15) is 12.2 Å². The van der Waals surface area contributed by atoms with E-state index >= 15 is 0 Å². The molecule has 0 aromatic carbocycles. The molecule has 1 aromatic heterocycles. The van der Waals surface area contributed by atoms with Crippen molar-refractivity contribution in [1.82, 2.24) is 9.97 Å². The smallest absolute Gasteiger partial charge is 0.134 e. The maximum Gasteiger partial charge on any atom is 0.134 e. The van der Waals surface area contributed by atoms with Gasteiger partial charge in [0.05, 0.1) is 0 Å². The fourth-order valence-electron chi connectivity index (χ4n) is 1.82. The van der Waals surface area contributed by atoms with Gasteiger partial charge < -0.3 is 10.2 Å². The van der Waals surface area contributed by atoms with E-state index in [9.17, 15) is 0 Å². The average Bonchev–Trinajstić information content (AvgIpc) is 2.56. The van der Waals surface area contributed by atoms with Gasteiger partial charge >= 0.3 is 0 Å². The van der Waals surface area contributed by atoms with Gasteiger partial charge in [0.15, 0.2) is 0 Å². The largest absolute Gasteiger partial charge is 0.373 e. The number of nitrogens with zero attached hydrogens (tertiary/aromatic N) is 3. The molecule has 1 saturated heterocycles. The Morgan fingerprint density at radius 3 is 3.00 bits per heavy atom. The summed E-state index contributed by atoms with van der Waals surface area (Å²) in [6.07, 6.45) is 1.24. The average molecular weight is 238 g/mol. The molecule has 1 aromatic rings. The topological polar surface area (TPSA) is 41.0 Å². The lowest BCUT2D eigenvalue weighted by Gasteiger charge is -2.21. The van der Waals surface area contributed by atoms with Gasteiger partial charge in [0.1, 0.15) is 17.5 Å². The molecule has 5 heteroatoms. The summed E-state index contributed by atoms with van der Waals surface area (Å²) < 4.78 is 0. The lowest BCUT2D eigenvalue weighted by Crippen LogP contribution is -2.26.